The van der Waals surface area contributed by atoms with Crippen LogP contribution in [0.3, 0.4) is 0 Å². The van der Waals surface area contributed by atoms with E-state index in [9.17, 15) is 14.4 Å². The molecule has 0 aromatic heterocycles. The number of ether oxygens (including phenoxy) is 2. The summed E-state index contributed by atoms with van der Waals surface area (Å²) in [7, 11) is 1.71. The van der Waals surface area contributed by atoms with Gasteiger partial charge in [-0.25, -0.2) is 4.79 Å². The highest BCUT2D eigenvalue weighted by molar-refractivity contribution is 9.39. The number of carbonyl (C=O) groups excluding carboxylic acids is 3. The predicted molar refractivity (Wildman–Crippen MR) is 143 cm³/mol. The van der Waals surface area contributed by atoms with Crippen molar-refractivity contribution >= 4 is 73.6 Å². The fourth-order valence-corrected chi connectivity index (χ4v) is 4.17. The third-order valence-corrected chi connectivity index (χ3v) is 6.05. The monoisotopic (exact) mass is 656 g/mol. The maximum absolute atomic E-state index is 12.3. The largest absolute Gasteiger partial charge is 0.461 e. The van der Waals surface area contributed by atoms with Gasteiger partial charge < -0.3 is 19.7 Å². The summed E-state index contributed by atoms with van der Waals surface area (Å²) < 4.78 is 9.92. The standard InChI is InChI=1S/C23H24BBr3N2O5/c24-11-20(30)29(12-21(31)34-14-23(25,26)27)10-9-28-22(32)33-13-19-17-7-3-1-5-15(17)16-6-2-4-8-18(16)19/h1-8,19H,9-14,24H2,(H,28,32). The van der Waals surface area contributed by atoms with Crippen LogP contribution in [0.1, 0.15) is 17.0 Å². The molecule has 0 spiro atoms. The Hall–Kier alpha value is -1.85. The van der Waals surface area contributed by atoms with Crippen molar-refractivity contribution in [3.8, 4) is 11.1 Å². The number of alkyl carbamates (subject to hydrolysis) is 1. The van der Waals surface area contributed by atoms with E-state index >= 15 is 0 Å². The molecule has 11 heteroatoms. The van der Waals surface area contributed by atoms with E-state index < -0.39 is 14.2 Å². The summed E-state index contributed by atoms with van der Waals surface area (Å²) in [6, 6.07) is 16.2. The van der Waals surface area contributed by atoms with Crippen molar-refractivity contribution in [3.05, 3.63) is 59.7 Å². The van der Waals surface area contributed by atoms with Gasteiger partial charge in [0.25, 0.3) is 0 Å². The number of halogens is 3. The maximum atomic E-state index is 12.3. The molecular formula is C23H24BBr3N2O5. The lowest BCUT2D eigenvalue weighted by Crippen LogP contribution is -2.42. The second kappa shape index (κ2) is 12.2. The number of hydrogen-bond acceptors (Lipinski definition) is 5. The van der Waals surface area contributed by atoms with Crippen LogP contribution < -0.4 is 5.32 Å². The van der Waals surface area contributed by atoms with Crippen LogP contribution in [0.2, 0.25) is 6.32 Å². The Kier molecular flexibility index (Phi) is 9.61. The first-order valence-electron chi connectivity index (χ1n) is 10.8. The van der Waals surface area contributed by atoms with Crippen LogP contribution in [-0.2, 0) is 19.1 Å². The molecule has 1 aliphatic carbocycles. The van der Waals surface area contributed by atoms with Crippen LogP contribution in [0.4, 0.5) is 4.79 Å². The molecule has 0 aliphatic heterocycles. The van der Waals surface area contributed by atoms with Gasteiger partial charge in [-0.05, 0) is 28.6 Å². The van der Waals surface area contributed by atoms with Gasteiger partial charge in [0.15, 0.2) is 2.14 Å². The summed E-state index contributed by atoms with van der Waals surface area (Å²) in [5.74, 6) is -0.795. The number of nitrogens with one attached hydrogen (secondary N) is 1. The topological polar surface area (TPSA) is 84.9 Å². The molecular weight excluding hydrogens is 635 g/mol. The summed E-state index contributed by atoms with van der Waals surface area (Å²) >= 11 is 9.73. The van der Waals surface area contributed by atoms with E-state index in [2.05, 4.69) is 77.4 Å². The van der Waals surface area contributed by atoms with Crippen LogP contribution in [0.5, 0.6) is 0 Å². The highest BCUT2D eigenvalue weighted by Crippen LogP contribution is 2.44. The third-order valence-electron chi connectivity index (χ3n) is 5.37. The van der Waals surface area contributed by atoms with Crippen molar-refractivity contribution in [2.45, 2.75) is 14.4 Å². The SMILES string of the molecule is BCC(=O)N(CCNC(=O)OCC1c2ccccc2-c2ccccc21)CC(=O)OCC(Br)(Br)Br. The van der Waals surface area contributed by atoms with E-state index in [0.717, 1.165) is 22.3 Å². The fourth-order valence-electron chi connectivity index (χ4n) is 3.82. The minimum Gasteiger partial charge on any atom is -0.461 e. The molecule has 2 aromatic rings. The highest BCUT2D eigenvalue weighted by atomic mass is 80.0. The molecule has 0 radical (unpaired) electrons. The maximum Gasteiger partial charge on any atom is 0.407 e. The average Bonchev–Trinajstić information content (AvgIpc) is 3.13. The Bertz CT molecular complexity index is 1000. The fraction of sp³-hybridized carbons (Fsp3) is 0.348. The Labute approximate surface area is 224 Å². The van der Waals surface area contributed by atoms with Crippen molar-refractivity contribution in [1.82, 2.24) is 10.2 Å². The number of alkyl halides is 3. The first-order valence-corrected chi connectivity index (χ1v) is 13.2. The lowest BCUT2D eigenvalue weighted by atomic mass is 9.98. The van der Waals surface area contributed by atoms with E-state index in [1.54, 1.807) is 7.85 Å². The van der Waals surface area contributed by atoms with Gasteiger partial charge in [-0.15, -0.1) is 0 Å². The number of fused-ring (bicyclic) bond motifs is 3. The van der Waals surface area contributed by atoms with Gasteiger partial charge in [-0.3, -0.25) is 9.59 Å². The summed E-state index contributed by atoms with van der Waals surface area (Å²) in [6.07, 6.45) is -0.340. The van der Waals surface area contributed by atoms with E-state index in [-0.39, 0.29) is 51.0 Å². The molecule has 0 atom stereocenters. The highest BCUT2D eigenvalue weighted by Gasteiger charge is 2.29. The minimum atomic E-state index is -0.714. The first kappa shape index (κ1) is 26.8. The Morgan fingerprint density at radius 3 is 2.12 bits per heavy atom. The molecule has 0 saturated heterocycles. The Balaban J connectivity index is 1.49. The van der Waals surface area contributed by atoms with Gasteiger partial charge in [-0.2, -0.15) is 0 Å². The Morgan fingerprint density at radius 1 is 0.971 bits per heavy atom. The van der Waals surface area contributed by atoms with E-state index in [4.69, 9.17) is 9.47 Å². The molecule has 34 heavy (non-hydrogen) atoms. The zero-order chi connectivity index (χ0) is 24.7. The molecule has 2 aromatic carbocycles. The number of rotatable bonds is 9. The average molecular weight is 659 g/mol. The molecule has 0 bridgehead atoms. The van der Waals surface area contributed by atoms with Crippen molar-refractivity contribution in [3.63, 3.8) is 0 Å². The molecule has 2 amide bonds. The minimum absolute atomic E-state index is 0.0258. The third kappa shape index (κ3) is 7.32. The van der Waals surface area contributed by atoms with Crippen LogP contribution >= 0.6 is 47.8 Å². The summed E-state index contributed by atoms with van der Waals surface area (Å²) in [6.45, 7) is 0.334. The number of nitrogens with zero attached hydrogens (tertiary/aromatic N) is 1. The number of carbonyl (C=O) groups is 3. The lowest BCUT2D eigenvalue weighted by molar-refractivity contribution is -0.148. The van der Waals surface area contributed by atoms with Gasteiger partial charge in [0.2, 0.25) is 5.91 Å². The van der Waals surface area contributed by atoms with Crippen molar-refractivity contribution in [1.29, 1.82) is 0 Å². The molecule has 1 aliphatic rings. The molecule has 180 valence electrons. The van der Waals surface area contributed by atoms with E-state index in [1.807, 2.05) is 24.3 Å². The second-order valence-electron chi connectivity index (χ2n) is 7.70. The summed E-state index contributed by atoms with van der Waals surface area (Å²) in [4.78, 5) is 38.0. The van der Waals surface area contributed by atoms with Crippen LogP contribution in [0.15, 0.2) is 48.5 Å². The number of amides is 2. The molecule has 1 N–H and O–H groups in total. The van der Waals surface area contributed by atoms with E-state index in [1.165, 1.54) is 4.90 Å². The number of benzene rings is 2. The van der Waals surface area contributed by atoms with Crippen LogP contribution in [0, 0.1) is 0 Å². The summed E-state index contributed by atoms with van der Waals surface area (Å²) in [5.41, 5.74) is 4.58. The molecule has 0 unspecified atom stereocenters. The molecule has 0 heterocycles. The van der Waals surface area contributed by atoms with Gasteiger partial charge >= 0.3 is 12.1 Å². The zero-order valence-corrected chi connectivity index (χ0v) is 23.3. The van der Waals surface area contributed by atoms with Gasteiger partial charge in [-0.1, -0.05) is 96.3 Å². The smallest absolute Gasteiger partial charge is 0.407 e. The number of hydrogen-bond donors (Lipinski definition) is 1. The molecule has 7 nitrogen and oxygen atoms in total. The molecule has 0 fully saturated rings. The first-order chi connectivity index (χ1) is 16.2. The van der Waals surface area contributed by atoms with Crippen molar-refractivity contribution < 1.29 is 23.9 Å². The summed E-state index contributed by atoms with van der Waals surface area (Å²) in [5, 5.41) is 2.66. The quantitative estimate of drug-likeness (QED) is 0.252. The normalized spacial score (nSPS) is 12.4. The van der Waals surface area contributed by atoms with Crippen LogP contribution in [0.25, 0.3) is 11.1 Å². The van der Waals surface area contributed by atoms with E-state index in [0.29, 0.717) is 0 Å². The zero-order valence-electron chi connectivity index (χ0n) is 18.6. The second-order valence-corrected chi connectivity index (χ2v) is 15.0. The lowest BCUT2D eigenvalue weighted by Gasteiger charge is -2.22. The van der Waals surface area contributed by atoms with Gasteiger partial charge in [0, 0.05) is 19.0 Å². The predicted octanol–water partition coefficient (Wildman–Crippen LogP) is 3.79. The van der Waals surface area contributed by atoms with Gasteiger partial charge in [0.1, 0.15) is 27.6 Å². The van der Waals surface area contributed by atoms with Gasteiger partial charge in [0.05, 0.1) is 0 Å². The van der Waals surface area contributed by atoms with Crippen molar-refractivity contribution in [2.75, 3.05) is 32.8 Å². The van der Waals surface area contributed by atoms with Crippen LogP contribution in [-0.4, -0.2) is 65.7 Å². The number of esters is 1. The Morgan fingerprint density at radius 2 is 1.56 bits per heavy atom. The van der Waals surface area contributed by atoms with Crippen molar-refractivity contribution in [2.24, 2.45) is 0 Å². The molecule has 3 rings (SSSR count). The molecule has 0 saturated carbocycles.